The lowest BCUT2D eigenvalue weighted by Crippen LogP contribution is -2.44. The SMILES string of the molecule is CCOCCN(CC)C(=O)[C@@H]1CCCNC1. The van der Waals surface area contributed by atoms with Crippen LogP contribution in [0, 0.1) is 5.92 Å². The minimum atomic E-state index is 0.176. The normalized spacial score (nSPS) is 20.8. The van der Waals surface area contributed by atoms with Crippen LogP contribution in [0.3, 0.4) is 0 Å². The van der Waals surface area contributed by atoms with E-state index in [4.69, 9.17) is 4.74 Å². The molecule has 0 aromatic carbocycles. The van der Waals surface area contributed by atoms with Crippen molar-refractivity contribution in [1.29, 1.82) is 0 Å². The van der Waals surface area contributed by atoms with E-state index >= 15 is 0 Å². The van der Waals surface area contributed by atoms with Gasteiger partial charge < -0.3 is 15.0 Å². The average molecular weight is 228 g/mol. The fourth-order valence-electron chi connectivity index (χ4n) is 2.06. The summed E-state index contributed by atoms with van der Waals surface area (Å²) < 4.78 is 5.29. The predicted molar refractivity (Wildman–Crippen MR) is 64.3 cm³/mol. The highest BCUT2D eigenvalue weighted by Gasteiger charge is 2.24. The summed E-state index contributed by atoms with van der Waals surface area (Å²) in [7, 11) is 0. The number of carbonyl (C=O) groups excluding carboxylic acids is 1. The standard InChI is InChI=1S/C12H24N2O2/c1-3-14(8-9-16-4-2)12(15)11-6-5-7-13-10-11/h11,13H,3-10H2,1-2H3/t11-/m1/s1. The largest absolute Gasteiger partial charge is 0.380 e. The van der Waals surface area contributed by atoms with Crippen LogP contribution in [-0.2, 0) is 9.53 Å². The predicted octanol–water partition coefficient (Wildman–Crippen LogP) is 0.871. The molecule has 0 aliphatic carbocycles. The zero-order chi connectivity index (χ0) is 11.8. The molecule has 1 saturated heterocycles. The maximum atomic E-state index is 12.2. The Balaban J connectivity index is 2.35. The molecule has 1 aliphatic rings. The summed E-state index contributed by atoms with van der Waals surface area (Å²) in [5.41, 5.74) is 0. The summed E-state index contributed by atoms with van der Waals surface area (Å²) >= 11 is 0. The molecule has 0 unspecified atom stereocenters. The van der Waals surface area contributed by atoms with Gasteiger partial charge in [0.1, 0.15) is 0 Å². The van der Waals surface area contributed by atoms with Gasteiger partial charge in [0.25, 0.3) is 0 Å². The number of hydrogen-bond donors (Lipinski definition) is 1. The molecule has 4 heteroatoms. The monoisotopic (exact) mass is 228 g/mol. The van der Waals surface area contributed by atoms with Crippen molar-refractivity contribution in [2.75, 3.05) is 39.4 Å². The Bertz CT molecular complexity index is 203. The molecule has 0 radical (unpaired) electrons. The van der Waals surface area contributed by atoms with Crippen molar-refractivity contribution in [1.82, 2.24) is 10.2 Å². The maximum absolute atomic E-state index is 12.2. The Kier molecular flexibility index (Phi) is 6.42. The third-order valence-corrected chi connectivity index (χ3v) is 3.05. The van der Waals surface area contributed by atoms with Gasteiger partial charge in [-0.1, -0.05) is 0 Å². The van der Waals surface area contributed by atoms with Gasteiger partial charge in [-0.05, 0) is 33.2 Å². The smallest absolute Gasteiger partial charge is 0.227 e. The first-order chi connectivity index (χ1) is 7.79. The van der Waals surface area contributed by atoms with Gasteiger partial charge in [0.2, 0.25) is 5.91 Å². The van der Waals surface area contributed by atoms with Gasteiger partial charge in [0.15, 0.2) is 0 Å². The van der Waals surface area contributed by atoms with Crippen LogP contribution in [0.1, 0.15) is 26.7 Å². The third-order valence-electron chi connectivity index (χ3n) is 3.05. The molecule has 1 rings (SSSR count). The summed E-state index contributed by atoms with van der Waals surface area (Å²) in [4.78, 5) is 14.1. The lowest BCUT2D eigenvalue weighted by Gasteiger charge is -2.28. The van der Waals surface area contributed by atoms with E-state index in [9.17, 15) is 4.79 Å². The number of nitrogens with zero attached hydrogens (tertiary/aromatic N) is 1. The number of carbonyl (C=O) groups is 1. The van der Waals surface area contributed by atoms with E-state index in [2.05, 4.69) is 5.32 Å². The van der Waals surface area contributed by atoms with Gasteiger partial charge in [0, 0.05) is 26.2 Å². The number of ether oxygens (including phenoxy) is 1. The summed E-state index contributed by atoms with van der Waals surface area (Å²) in [6.07, 6.45) is 2.14. The molecule has 1 heterocycles. The summed E-state index contributed by atoms with van der Waals surface area (Å²) in [5, 5.41) is 3.28. The number of rotatable bonds is 6. The molecule has 1 atom stereocenters. The molecule has 4 nitrogen and oxygen atoms in total. The first-order valence-electron chi connectivity index (χ1n) is 6.36. The van der Waals surface area contributed by atoms with E-state index in [0.717, 1.165) is 45.6 Å². The van der Waals surface area contributed by atoms with Crippen LogP contribution in [0.4, 0.5) is 0 Å². The van der Waals surface area contributed by atoms with Crippen molar-refractivity contribution < 1.29 is 9.53 Å². The number of amides is 1. The molecule has 1 amide bonds. The first kappa shape index (κ1) is 13.5. The van der Waals surface area contributed by atoms with Crippen LogP contribution in [0.15, 0.2) is 0 Å². The van der Waals surface area contributed by atoms with E-state index in [1.54, 1.807) is 0 Å². The highest BCUT2D eigenvalue weighted by molar-refractivity contribution is 5.79. The third kappa shape index (κ3) is 4.10. The van der Waals surface area contributed by atoms with Crippen LogP contribution in [-0.4, -0.2) is 50.2 Å². The van der Waals surface area contributed by atoms with Crippen molar-refractivity contribution >= 4 is 5.91 Å². The molecule has 0 saturated carbocycles. The second-order valence-electron chi connectivity index (χ2n) is 4.16. The molecule has 94 valence electrons. The lowest BCUT2D eigenvalue weighted by atomic mass is 9.98. The summed E-state index contributed by atoms with van der Waals surface area (Å²) in [5.74, 6) is 0.463. The maximum Gasteiger partial charge on any atom is 0.227 e. The number of hydrogen-bond acceptors (Lipinski definition) is 3. The molecule has 1 fully saturated rings. The number of nitrogens with one attached hydrogen (secondary N) is 1. The van der Waals surface area contributed by atoms with E-state index in [1.807, 2.05) is 18.7 Å². The highest BCUT2D eigenvalue weighted by Crippen LogP contribution is 2.13. The molecule has 0 bridgehead atoms. The van der Waals surface area contributed by atoms with Crippen molar-refractivity contribution in [3.05, 3.63) is 0 Å². The summed E-state index contributed by atoms with van der Waals surface area (Å²) in [6, 6.07) is 0. The second-order valence-corrected chi connectivity index (χ2v) is 4.16. The van der Waals surface area contributed by atoms with E-state index in [1.165, 1.54) is 0 Å². The average Bonchev–Trinajstić information content (AvgIpc) is 2.35. The second kappa shape index (κ2) is 7.63. The van der Waals surface area contributed by atoms with E-state index in [-0.39, 0.29) is 11.8 Å². The van der Waals surface area contributed by atoms with Crippen LogP contribution in [0.5, 0.6) is 0 Å². The van der Waals surface area contributed by atoms with Gasteiger partial charge in [-0.15, -0.1) is 0 Å². The Morgan fingerprint density at radius 3 is 2.88 bits per heavy atom. The van der Waals surface area contributed by atoms with Gasteiger partial charge in [-0.3, -0.25) is 4.79 Å². The molecule has 1 aliphatic heterocycles. The van der Waals surface area contributed by atoms with Crippen LogP contribution < -0.4 is 5.32 Å². The molecule has 0 aromatic rings. The minimum Gasteiger partial charge on any atom is -0.380 e. The first-order valence-corrected chi connectivity index (χ1v) is 6.36. The van der Waals surface area contributed by atoms with Gasteiger partial charge in [-0.25, -0.2) is 0 Å². The van der Waals surface area contributed by atoms with Gasteiger partial charge in [-0.2, -0.15) is 0 Å². The Morgan fingerprint density at radius 1 is 1.50 bits per heavy atom. The van der Waals surface area contributed by atoms with Crippen LogP contribution >= 0.6 is 0 Å². The van der Waals surface area contributed by atoms with Crippen molar-refractivity contribution in [3.63, 3.8) is 0 Å². The molecule has 16 heavy (non-hydrogen) atoms. The molecule has 0 aromatic heterocycles. The zero-order valence-electron chi connectivity index (χ0n) is 10.5. The van der Waals surface area contributed by atoms with Crippen molar-refractivity contribution in [2.24, 2.45) is 5.92 Å². The van der Waals surface area contributed by atoms with E-state index in [0.29, 0.717) is 6.61 Å². The Labute approximate surface area is 98.3 Å². The fraction of sp³-hybridized carbons (Fsp3) is 0.917. The Morgan fingerprint density at radius 2 is 2.31 bits per heavy atom. The minimum absolute atomic E-state index is 0.176. The Hall–Kier alpha value is -0.610. The molecular formula is C12H24N2O2. The fourth-order valence-corrected chi connectivity index (χ4v) is 2.06. The molecular weight excluding hydrogens is 204 g/mol. The highest BCUT2D eigenvalue weighted by atomic mass is 16.5. The molecule has 0 spiro atoms. The van der Waals surface area contributed by atoms with Crippen molar-refractivity contribution in [2.45, 2.75) is 26.7 Å². The lowest BCUT2D eigenvalue weighted by molar-refractivity contribution is -0.136. The number of piperidine rings is 1. The van der Waals surface area contributed by atoms with Crippen LogP contribution in [0.2, 0.25) is 0 Å². The number of likely N-dealkylation sites (N-methyl/N-ethyl adjacent to an activating group) is 1. The van der Waals surface area contributed by atoms with E-state index < -0.39 is 0 Å². The molecule has 1 N–H and O–H groups in total. The van der Waals surface area contributed by atoms with Gasteiger partial charge >= 0.3 is 0 Å². The zero-order valence-corrected chi connectivity index (χ0v) is 10.5. The quantitative estimate of drug-likeness (QED) is 0.686. The topological polar surface area (TPSA) is 41.6 Å². The van der Waals surface area contributed by atoms with Crippen molar-refractivity contribution in [3.8, 4) is 0 Å². The van der Waals surface area contributed by atoms with Crippen LogP contribution in [0.25, 0.3) is 0 Å². The van der Waals surface area contributed by atoms with Gasteiger partial charge in [0.05, 0.1) is 12.5 Å². The summed E-state index contributed by atoms with van der Waals surface area (Å²) in [6.45, 7) is 8.76.